The van der Waals surface area contributed by atoms with Crippen LogP contribution in [0.25, 0.3) is 0 Å². The number of hydrogen-bond acceptors (Lipinski definition) is 6. The third-order valence-corrected chi connectivity index (χ3v) is 2.56. The molecule has 0 aliphatic carbocycles. The number of rotatable bonds is 3. The SMILES string of the molecule is CN(C)C(NCC(C)(C)C)=C1C(=O)OC(C)(C)OC1=O. The van der Waals surface area contributed by atoms with Crippen molar-refractivity contribution in [1.29, 1.82) is 0 Å². The van der Waals surface area contributed by atoms with Crippen molar-refractivity contribution >= 4 is 11.9 Å². The van der Waals surface area contributed by atoms with Gasteiger partial charge in [-0.2, -0.15) is 0 Å². The van der Waals surface area contributed by atoms with Crippen LogP contribution in [0.1, 0.15) is 34.6 Å². The summed E-state index contributed by atoms with van der Waals surface area (Å²) in [5.74, 6) is -2.16. The molecular weight excluding hydrogens is 260 g/mol. The van der Waals surface area contributed by atoms with E-state index in [0.717, 1.165) is 0 Å². The minimum absolute atomic E-state index is 0.00354. The lowest BCUT2D eigenvalue weighted by molar-refractivity contribution is -0.222. The maximum atomic E-state index is 12.0. The molecule has 1 heterocycles. The number of hydrogen-bond donors (Lipinski definition) is 1. The summed E-state index contributed by atoms with van der Waals surface area (Å²) in [6.07, 6.45) is 0. The highest BCUT2D eigenvalue weighted by atomic mass is 16.7. The normalized spacial score (nSPS) is 18.2. The fraction of sp³-hybridized carbons (Fsp3) is 0.714. The lowest BCUT2D eigenvalue weighted by atomic mass is 9.97. The first-order chi connectivity index (χ1) is 8.93. The predicted octanol–water partition coefficient (Wildman–Crippen LogP) is 1.23. The second-order valence-corrected chi connectivity index (χ2v) is 6.71. The maximum Gasteiger partial charge on any atom is 0.352 e. The largest absolute Gasteiger partial charge is 0.419 e. The Morgan fingerprint density at radius 1 is 1.15 bits per heavy atom. The number of carbonyl (C=O) groups excluding carboxylic acids is 2. The minimum atomic E-state index is -1.22. The van der Waals surface area contributed by atoms with Crippen molar-refractivity contribution < 1.29 is 19.1 Å². The molecule has 0 aromatic heterocycles. The van der Waals surface area contributed by atoms with Crippen molar-refractivity contribution in [2.24, 2.45) is 5.41 Å². The number of ether oxygens (including phenoxy) is 2. The van der Waals surface area contributed by atoms with E-state index in [4.69, 9.17) is 9.47 Å². The Balaban J connectivity index is 3.09. The third kappa shape index (κ3) is 4.15. The molecule has 0 radical (unpaired) electrons. The van der Waals surface area contributed by atoms with Gasteiger partial charge in [0.25, 0.3) is 5.79 Å². The molecule has 114 valence electrons. The van der Waals surface area contributed by atoms with E-state index in [1.165, 1.54) is 13.8 Å². The molecule has 6 nitrogen and oxygen atoms in total. The van der Waals surface area contributed by atoms with Crippen LogP contribution in [0.4, 0.5) is 0 Å². The van der Waals surface area contributed by atoms with Gasteiger partial charge in [0, 0.05) is 34.5 Å². The van der Waals surface area contributed by atoms with E-state index in [1.54, 1.807) is 19.0 Å². The molecule has 1 N–H and O–H groups in total. The summed E-state index contributed by atoms with van der Waals surface area (Å²) >= 11 is 0. The van der Waals surface area contributed by atoms with Gasteiger partial charge < -0.3 is 19.7 Å². The average molecular weight is 284 g/mol. The van der Waals surface area contributed by atoms with Gasteiger partial charge in [-0.1, -0.05) is 20.8 Å². The second-order valence-electron chi connectivity index (χ2n) is 6.71. The maximum absolute atomic E-state index is 12.0. The summed E-state index contributed by atoms with van der Waals surface area (Å²) in [7, 11) is 3.50. The molecule has 0 unspecified atom stereocenters. The zero-order chi connectivity index (χ0) is 15.7. The van der Waals surface area contributed by atoms with Gasteiger partial charge in [0.2, 0.25) is 0 Å². The van der Waals surface area contributed by atoms with Crippen LogP contribution in [0.2, 0.25) is 0 Å². The van der Waals surface area contributed by atoms with Crippen molar-refractivity contribution in [3.8, 4) is 0 Å². The predicted molar refractivity (Wildman–Crippen MR) is 74.4 cm³/mol. The quantitative estimate of drug-likeness (QED) is 0.477. The summed E-state index contributed by atoms with van der Waals surface area (Å²) in [4.78, 5) is 25.8. The third-order valence-electron chi connectivity index (χ3n) is 2.56. The number of nitrogens with zero attached hydrogens (tertiary/aromatic N) is 1. The Kier molecular flexibility index (Phi) is 4.36. The fourth-order valence-electron chi connectivity index (χ4n) is 1.67. The summed E-state index contributed by atoms with van der Waals surface area (Å²) in [6, 6.07) is 0. The number of nitrogens with one attached hydrogen (secondary N) is 1. The van der Waals surface area contributed by atoms with E-state index in [2.05, 4.69) is 26.1 Å². The summed E-state index contributed by atoms with van der Waals surface area (Å²) in [5.41, 5.74) is -0.0950. The van der Waals surface area contributed by atoms with Crippen LogP contribution in [0, 0.1) is 5.41 Å². The number of esters is 2. The van der Waals surface area contributed by atoms with Crippen LogP contribution < -0.4 is 5.32 Å². The van der Waals surface area contributed by atoms with E-state index >= 15 is 0 Å². The van der Waals surface area contributed by atoms with Crippen molar-refractivity contribution in [3.63, 3.8) is 0 Å². The van der Waals surface area contributed by atoms with E-state index in [9.17, 15) is 9.59 Å². The molecule has 1 aliphatic heterocycles. The van der Waals surface area contributed by atoms with E-state index in [1.807, 2.05) is 0 Å². The first kappa shape index (κ1) is 16.3. The van der Waals surface area contributed by atoms with Crippen LogP contribution in [-0.4, -0.2) is 43.3 Å². The Labute approximate surface area is 120 Å². The van der Waals surface area contributed by atoms with Crippen LogP contribution in [-0.2, 0) is 19.1 Å². The van der Waals surface area contributed by atoms with Crippen molar-refractivity contribution in [3.05, 3.63) is 11.4 Å². The Morgan fingerprint density at radius 3 is 1.95 bits per heavy atom. The molecule has 0 aromatic rings. The van der Waals surface area contributed by atoms with Gasteiger partial charge >= 0.3 is 11.9 Å². The van der Waals surface area contributed by atoms with Gasteiger partial charge in [-0.15, -0.1) is 0 Å². The average Bonchev–Trinajstić information content (AvgIpc) is 2.17. The zero-order valence-corrected chi connectivity index (χ0v) is 13.3. The Bertz CT molecular complexity index is 423. The van der Waals surface area contributed by atoms with Crippen molar-refractivity contribution in [2.45, 2.75) is 40.4 Å². The van der Waals surface area contributed by atoms with Gasteiger partial charge in [-0.3, -0.25) is 0 Å². The molecule has 20 heavy (non-hydrogen) atoms. The molecule has 0 spiro atoms. The lowest BCUT2D eigenvalue weighted by Crippen LogP contribution is -2.45. The topological polar surface area (TPSA) is 67.9 Å². The van der Waals surface area contributed by atoms with Crippen molar-refractivity contribution in [1.82, 2.24) is 10.2 Å². The van der Waals surface area contributed by atoms with Crippen molar-refractivity contribution in [2.75, 3.05) is 20.6 Å². The number of carbonyl (C=O) groups is 2. The molecule has 0 saturated carbocycles. The molecule has 1 aliphatic rings. The molecular formula is C14H24N2O4. The molecule has 1 rings (SSSR count). The smallest absolute Gasteiger partial charge is 0.352 e. The molecule has 0 bridgehead atoms. The van der Waals surface area contributed by atoms with Gasteiger partial charge in [0.15, 0.2) is 5.57 Å². The Hall–Kier alpha value is -1.72. The van der Waals surface area contributed by atoms with E-state index < -0.39 is 17.7 Å². The Morgan fingerprint density at radius 2 is 1.60 bits per heavy atom. The lowest BCUT2D eigenvalue weighted by Gasteiger charge is -2.33. The second kappa shape index (κ2) is 5.34. The van der Waals surface area contributed by atoms with Gasteiger partial charge in [-0.25, -0.2) is 9.59 Å². The number of cyclic esters (lactones) is 2. The standard InChI is InChI=1S/C14H24N2O4/c1-13(2,3)8-15-10(16(6)7)9-11(17)19-14(4,5)20-12(9)18/h15H,8H2,1-7H3. The monoisotopic (exact) mass is 284 g/mol. The molecule has 0 amide bonds. The van der Waals surface area contributed by atoms with E-state index in [-0.39, 0.29) is 11.0 Å². The van der Waals surface area contributed by atoms with Gasteiger partial charge in [-0.05, 0) is 5.41 Å². The molecule has 0 atom stereocenters. The van der Waals surface area contributed by atoms with Crippen LogP contribution >= 0.6 is 0 Å². The van der Waals surface area contributed by atoms with Gasteiger partial charge in [0.1, 0.15) is 5.82 Å². The van der Waals surface area contributed by atoms with Crippen LogP contribution in [0.15, 0.2) is 11.4 Å². The summed E-state index contributed by atoms with van der Waals surface area (Å²) in [6.45, 7) is 9.82. The highest BCUT2D eigenvalue weighted by Gasteiger charge is 2.41. The zero-order valence-electron chi connectivity index (χ0n) is 13.3. The fourth-order valence-corrected chi connectivity index (χ4v) is 1.67. The minimum Gasteiger partial charge on any atom is -0.419 e. The highest BCUT2D eigenvalue weighted by molar-refractivity contribution is 6.15. The van der Waals surface area contributed by atoms with E-state index in [0.29, 0.717) is 12.4 Å². The van der Waals surface area contributed by atoms with Crippen LogP contribution in [0.5, 0.6) is 0 Å². The molecule has 1 fully saturated rings. The summed E-state index contributed by atoms with van der Waals surface area (Å²) < 4.78 is 10.2. The van der Waals surface area contributed by atoms with Gasteiger partial charge in [0.05, 0.1) is 0 Å². The highest BCUT2D eigenvalue weighted by Crippen LogP contribution is 2.25. The first-order valence-electron chi connectivity index (χ1n) is 6.55. The molecule has 6 heteroatoms. The first-order valence-corrected chi connectivity index (χ1v) is 6.55. The van der Waals surface area contributed by atoms with Crippen LogP contribution in [0.3, 0.4) is 0 Å². The molecule has 1 saturated heterocycles. The summed E-state index contributed by atoms with van der Waals surface area (Å²) in [5, 5.41) is 3.12. The molecule has 0 aromatic carbocycles.